The van der Waals surface area contributed by atoms with Crippen molar-refractivity contribution in [3.8, 4) is 5.75 Å². The number of hydrogen-bond donors (Lipinski definition) is 1. The molecule has 0 heterocycles. The van der Waals surface area contributed by atoms with Crippen LogP contribution in [0, 0.1) is 0 Å². The molecular formula is C17H16O3. The highest BCUT2D eigenvalue weighted by Gasteiger charge is 2.02. The highest BCUT2D eigenvalue weighted by Crippen LogP contribution is 2.12. The van der Waals surface area contributed by atoms with E-state index in [1.165, 1.54) is 7.11 Å². The standard InChI is InChI=1S/C17H16O3/c1-20-17(19)15-9-5-13(6-10-15)3-2-4-14-7-11-16(18)12-8-14/h2-3,5-12,18H,4H2,1H3/b3-2+. The molecule has 0 aliphatic carbocycles. The van der Waals surface area contributed by atoms with Gasteiger partial charge in [0, 0.05) is 0 Å². The molecule has 20 heavy (non-hydrogen) atoms. The molecule has 2 rings (SSSR count). The number of phenolic OH excluding ortho intramolecular Hbond substituents is 1. The van der Waals surface area contributed by atoms with Gasteiger partial charge >= 0.3 is 5.97 Å². The van der Waals surface area contributed by atoms with Gasteiger partial charge in [0.15, 0.2) is 0 Å². The number of rotatable bonds is 4. The largest absolute Gasteiger partial charge is 0.508 e. The van der Waals surface area contributed by atoms with Crippen LogP contribution in [0.2, 0.25) is 0 Å². The van der Waals surface area contributed by atoms with Crippen molar-refractivity contribution in [2.24, 2.45) is 0 Å². The topological polar surface area (TPSA) is 46.5 Å². The van der Waals surface area contributed by atoms with Crippen molar-refractivity contribution in [3.63, 3.8) is 0 Å². The molecular weight excluding hydrogens is 252 g/mol. The van der Waals surface area contributed by atoms with Crippen LogP contribution in [0.1, 0.15) is 21.5 Å². The van der Waals surface area contributed by atoms with E-state index in [-0.39, 0.29) is 11.7 Å². The van der Waals surface area contributed by atoms with Crippen molar-refractivity contribution >= 4 is 12.0 Å². The van der Waals surface area contributed by atoms with Crippen LogP contribution in [0.3, 0.4) is 0 Å². The number of benzene rings is 2. The van der Waals surface area contributed by atoms with Gasteiger partial charge in [-0.3, -0.25) is 0 Å². The third-order valence-electron chi connectivity index (χ3n) is 2.93. The van der Waals surface area contributed by atoms with Gasteiger partial charge < -0.3 is 9.84 Å². The molecule has 3 nitrogen and oxygen atoms in total. The van der Waals surface area contributed by atoms with Crippen LogP contribution in [0.4, 0.5) is 0 Å². The molecule has 0 saturated heterocycles. The molecule has 102 valence electrons. The zero-order valence-corrected chi connectivity index (χ0v) is 11.2. The normalized spacial score (nSPS) is 10.7. The maximum absolute atomic E-state index is 11.3. The third kappa shape index (κ3) is 3.72. The summed E-state index contributed by atoms with van der Waals surface area (Å²) in [6, 6.07) is 14.4. The minimum absolute atomic E-state index is 0.274. The molecule has 0 spiro atoms. The number of allylic oxidation sites excluding steroid dienone is 1. The van der Waals surface area contributed by atoms with Crippen LogP contribution >= 0.6 is 0 Å². The zero-order valence-electron chi connectivity index (χ0n) is 11.2. The first-order chi connectivity index (χ1) is 9.69. The van der Waals surface area contributed by atoms with Gasteiger partial charge in [0.2, 0.25) is 0 Å². The van der Waals surface area contributed by atoms with Gasteiger partial charge in [0.1, 0.15) is 5.75 Å². The van der Waals surface area contributed by atoms with E-state index in [2.05, 4.69) is 4.74 Å². The molecule has 0 aromatic heterocycles. The molecule has 0 atom stereocenters. The summed E-state index contributed by atoms with van der Waals surface area (Å²) in [5, 5.41) is 9.20. The molecule has 2 aromatic carbocycles. The van der Waals surface area contributed by atoms with Gasteiger partial charge in [-0.15, -0.1) is 0 Å². The number of methoxy groups -OCH3 is 1. The van der Waals surface area contributed by atoms with Gasteiger partial charge in [0.05, 0.1) is 12.7 Å². The van der Waals surface area contributed by atoms with Crippen molar-refractivity contribution in [1.29, 1.82) is 0 Å². The van der Waals surface area contributed by atoms with E-state index in [0.717, 1.165) is 17.5 Å². The summed E-state index contributed by atoms with van der Waals surface area (Å²) in [6.07, 6.45) is 4.83. The summed E-state index contributed by atoms with van der Waals surface area (Å²) in [6.45, 7) is 0. The van der Waals surface area contributed by atoms with Crippen LogP contribution < -0.4 is 0 Å². The Balaban J connectivity index is 1.97. The third-order valence-corrected chi connectivity index (χ3v) is 2.93. The van der Waals surface area contributed by atoms with Crippen LogP contribution in [0.25, 0.3) is 6.08 Å². The second-order valence-electron chi connectivity index (χ2n) is 4.39. The maximum Gasteiger partial charge on any atom is 0.337 e. The van der Waals surface area contributed by atoms with Gasteiger partial charge in [-0.2, -0.15) is 0 Å². The van der Waals surface area contributed by atoms with Gasteiger partial charge in [-0.05, 0) is 41.8 Å². The highest BCUT2D eigenvalue weighted by atomic mass is 16.5. The zero-order chi connectivity index (χ0) is 14.4. The Hall–Kier alpha value is -2.55. The molecule has 0 fully saturated rings. The second kappa shape index (κ2) is 6.57. The number of phenols is 1. The fourth-order valence-electron chi connectivity index (χ4n) is 1.81. The number of hydrogen-bond acceptors (Lipinski definition) is 3. The maximum atomic E-state index is 11.3. The predicted octanol–water partition coefficient (Wildman–Crippen LogP) is 3.43. The molecule has 0 amide bonds. The van der Waals surface area contributed by atoms with Gasteiger partial charge in [-0.25, -0.2) is 4.79 Å². The van der Waals surface area contributed by atoms with E-state index < -0.39 is 0 Å². The quantitative estimate of drug-likeness (QED) is 0.864. The lowest BCUT2D eigenvalue weighted by Crippen LogP contribution is -2.00. The minimum atomic E-state index is -0.329. The van der Waals surface area contributed by atoms with Crippen molar-refractivity contribution in [2.45, 2.75) is 6.42 Å². The molecule has 3 heteroatoms. The number of esters is 1. The molecule has 2 aromatic rings. The van der Waals surface area contributed by atoms with Crippen molar-refractivity contribution < 1.29 is 14.6 Å². The number of ether oxygens (including phenoxy) is 1. The monoisotopic (exact) mass is 268 g/mol. The van der Waals surface area contributed by atoms with E-state index in [1.807, 2.05) is 36.4 Å². The van der Waals surface area contributed by atoms with E-state index in [4.69, 9.17) is 0 Å². The Morgan fingerprint density at radius 1 is 1.10 bits per heavy atom. The first-order valence-corrected chi connectivity index (χ1v) is 6.32. The summed E-state index contributed by atoms with van der Waals surface area (Å²) in [4.78, 5) is 11.3. The number of carbonyl (C=O) groups is 1. The lowest BCUT2D eigenvalue weighted by atomic mass is 10.1. The SMILES string of the molecule is COC(=O)c1ccc(/C=C/Cc2ccc(O)cc2)cc1. The minimum Gasteiger partial charge on any atom is -0.508 e. The second-order valence-corrected chi connectivity index (χ2v) is 4.39. The summed E-state index contributed by atoms with van der Waals surface area (Å²) >= 11 is 0. The number of carbonyl (C=O) groups excluding carboxylic acids is 1. The smallest absolute Gasteiger partial charge is 0.337 e. The van der Waals surface area contributed by atoms with Crippen molar-refractivity contribution in [2.75, 3.05) is 7.11 Å². The highest BCUT2D eigenvalue weighted by molar-refractivity contribution is 5.89. The van der Waals surface area contributed by atoms with E-state index in [9.17, 15) is 9.90 Å². The van der Waals surface area contributed by atoms with Crippen LogP contribution in [-0.2, 0) is 11.2 Å². The molecule has 0 unspecified atom stereocenters. The van der Waals surface area contributed by atoms with Crippen LogP contribution in [0.15, 0.2) is 54.6 Å². The Labute approximate surface area is 118 Å². The molecule has 0 saturated carbocycles. The molecule has 0 bridgehead atoms. The van der Waals surface area contributed by atoms with Crippen molar-refractivity contribution in [1.82, 2.24) is 0 Å². The van der Waals surface area contributed by atoms with Gasteiger partial charge in [-0.1, -0.05) is 36.4 Å². The molecule has 0 aliphatic rings. The van der Waals surface area contributed by atoms with Crippen LogP contribution in [0.5, 0.6) is 5.75 Å². The Kier molecular flexibility index (Phi) is 4.56. The average Bonchev–Trinajstić information content (AvgIpc) is 2.49. The van der Waals surface area contributed by atoms with E-state index >= 15 is 0 Å². The predicted molar refractivity (Wildman–Crippen MR) is 78.6 cm³/mol. The molecule has 1 N–H and O–H groups in total. The lowest BCUT2D eigenvalue weighted by molar-refractivity contribution is 0.0600. The van der Waals surface area contributed by atoms with E-state index in [0.29, 0.717) is 5.56 Å². The number of aromatic hydroxyl groups is 1. The lowest BCUT2D eigenvalue weighted by Gasteiger charge is -2.00. The summed E-state index contributed by atoms with van der Waals surface area (Å²) in [7, 11) is 1.37. The first-order valence-electron chi connectivity index (χ1n) is 6.32. The van der Waals surface area contributed by atoms with E-state index in [1.54, 1.807) is 24.3 Å². The fraction of sp³-hybridized carbons (Fsp3) is 0.118. The average molecular weight is 268 g/mol. The summed E-state index contributed by atoms with van der Waals surface area (Å²) in [5.41, 5.74) is 2.70. The van der Waals surface area contributed by atoms with Gasteiger partial charge in [0.25, 0.3) is 0 Å². The first kappa shape index (κ1) is 13.9. The summed E-state index contributed by atoms with van der Waals surface area (Å²) in [5.74, 6) is -0.0549. The Morgan fingerprint density at radius 2 is 1.75 bits per heavy atom. The summed E-state index contributed by atoms with van der Waals surface area (Å²) < 4.78 is 4.65. The van der Waals surface area contributed by atoms with Crippen LogP contribution in [-0.4, -0.2) is 18.2 Å². The molecule has 0 radical (unpaired) electrons. The Bertz CT molecular complexity index is 595. The Morgan fingerprint density at radius 3 is 2.35 bits per heavy atom. The fourth-order valence-corrected chi connectivity index (χ4v) is 1.81. The molecule has 0 aliphatic heterocycles. The van der Waals surface area contributed by atoms with Crippen molar-refractivity contribution in [3.05, 3.63) is 71.3 Å².